The van der Waals surface area contributed by atoms with Crippen LogP contribution in [0.3, 0.4) is 0 Å². The fourth-order valence-corrected chi connectivity index (χ4v) is 1.26. The molecule has 0 aromatic heterocycles. The van der Waals surface area contributed by atoms with E-state index < -0.39 is 0 Å². The van der Waals surface area contributed by atoms with Crippen LogP contribution in [0.5, 0.6) is 0 Å². The average molecular weight is 173 g/mol. The summed E-state index contributed by atoms with van der Waals surface area (Å²) in [5, 5.41) is 0. The molecule has 1 aromatic rings. The van der Waals surface area contributed by atoms with Crippen LogP contribution in [-0.4, -0.2) is 0 Å². The van der Waals surface area contributed by atoms with Crippen molar-refractivity contribution in [3.05, 3.63) is 35.9 Å². The molecule has 1 nitrogen and oxygen atoms in total. The van der Waals surface area contributed by atoms with Crippen LogP contribution in [0.4, 0.5) is 0 Å². The van der Waals surface area contributed by atoms with Gasteiger partial charge in [-0.1, -0.05) is 36.3 Å². The molecule has 0 saturated carbocycles. The van der Waals surface area contributed by atoms with Crippen LogP contribution in [0.1, 0.15) is 24.8 Å². The first-order chi connectivity index (χ1) is 6.43. The van der Waals surface area contributed by atoms with Gasteiger partial charge in [0.1, 0.15) is 0 Å². The molecule has 0 radical (unpaired) electrons. The van der Waals surface area contributed by atoms with Crippen molar-refractivity contribution in [1.82, 2.24) is 0 Å². The highest BCUT2D eigenvalue weighted by molar-refractivity contribution is 5.14. The lowest BCUT2D eigenvalue weighted by atomic mass is 10.1. The normalized spacial score (nSPS) is 8.92. The maximum absolute atomic E-state index is 5.06. The zero-order valence-electron chi connectivity index (χ0n) is 7.79. The van der Waals surface area contributed by atoms with E-state index in [2.05, 4.69) is 36.2 Å². The predicted octanol–water partition coefficient (Wildman–Crippen LogP) is 2.32. The van der Waals surface area contributed by atoms with Crippen LogP contribution in [0.15, 0.2) is 30.3 Å². The Hall–Kier alpha value is -1.42. The molecule has 1 rings (SSSR count). The molecule has 0 saturated heterocycles. The average Bonchev–Trinajstić information content (AvgIpc) is 2.19. The molecule has 0 fully saturated rings. The van der Waals surface area contributed by atoms with E-state index in [1.165, 1.54) is 12.0 Å². The number of unbranched alkanes of at least 4 members (excludes halogenated alkanes) is 2. The Kier molecular flexibility index (Phi) is 4.56. The second-order valence-electron chi connectivity index (χ2n) is 3.01. The van der Waals surface area contributed by atoms with E-state index in [-0.39, 0.29) is 0 Å². The fraction of sp³-hybridized carbons (Fsp3) is 0.333. The first kappa shape index (κ1) is 9.67. The highest BCUT2D eigenvalue weighted by atomic mass is 14.4. The number of aryl methyl sites for hydroxylation is 1. The van der Waals surface area contributed by atoms with E-state index in [1.54, 1.807) is 0 Å². The van der Waals surface area contributed by atoms with E-state index in [9.17, 15) is 0 Å². The SMILES string of the molecule is NC#CCCCCc1ccccc1. The molecule has 0 aliphatic heterocycles. The Morgan fingerprint density at radius 1 is 1.08 bits per heavy atom. The van der Waals surface area contributed by atoms with Crippen LogP contribution in [0.2, 0.25) is 0 Å². The van der Waals surface area contributed by atoms with E-state index in [1.807, 2.05) is 6.07 Å². The summed E-state index contributed by atoms with van der Waals surface area (Å²) in [6.45, 7) is 0. The molecule has 0 aliphatic carbocycles. The van der Waals surface area contributed by atoms with Crippen molar-refractivity contribution < 1.29 is 0 Å². The van der Waals surface area contributed by atoms with E-state index >= 15 is 0 Å². The topological polar surface area (TPSA) is 26.0 Å². The predicted molar refractivity (Wildman–Crippen MR) is 56.0 cm³/mol. The first-order valence-electron chi connectivity index (χ1n) is 4.66. The van der Waals surface area contributed by atoms with Gasteiger partial charge in [-0.3, -0.25) is 0 Å². The summed E-state index contributed by atoms with van der Waals surface area (Å²) in [5.74, 6) is 2.86. The third-order valence-corrected chi connectivity index (χ3v) is 1.96. The standard InChI is InChI=1S/C12H15N/c13-11-7-2-1-4-8-12-9-5-3-6-10-12/h3,5-6,9-10H,1-2,4,8,13H2. The fourth-order valence-electron chi connectivity index (χ4n) is 1.26. The summed E-state index contributed by atoms with van der Waals surface area (Å²) < 4.78 is 0. The smallest absolute Gasteiger partial charge is 0.0107 e. The Morgan fingerprint density at radius 3 is 2.54 bits per heavy atom. The van der Waals surface area contributed by atoms with Gasteiger partial charge < -0.3 is 5.73 Å². The third-order valence-electron chi connectivity index (χ3n) is 1.96. The molecule has 0 atom stereocenters. The highest BCUT2D eigenvalue weighted by Gasteiger charge is 1.90. The molecule has 1 aromatic carbocycles. The van der Waals surface area contributed by atoms with Gasteiger partial charge in [-0.05, 0) is 24.8 Å². The second kappa shape index (κ2) is 6.14. The van der Waals surface area contributed by atoms with Gasteiger partial charge in [0, 0.05) is 12.5 Å². The van der Waals surface area contributed by atoms with E-state index in [0.717, 1.165) is 19.3 Å². The van der Waals surface area contributed by atoms with Crippen molar-refractivity contribution >= 4 is 0 Å². The van der Waals surface area contributed by atoms with Crippen LogP contribution < -0.4 is 5.73 Å². The van der Waals surface area contributed by atoms with Gasteiger partial charge >= 0.3 is 0 Å². The van der Waals surface area contributed by atoms with Crippen LogP contribution in [-0.2, 0) is 6.42 Å². The molecule has 1 heteroatoms. The maximum atomic E-state index is 5.06. The van der Waals surface area contributed by atoms with Gasteiger partial charge in [0.25, 0.3) is 0 Å². The molecule has 68 valence electrons. The number of hydrogen-bond donors (Lipinski definition) is 1. The molecule has 0 bridgehead atoms. The molecule has 0 spiro atoms. The zero-order valence-corrected chi connectivity index (χ0v) is 7.79. The maximum Gasteiger partial charge on any atom is 0.0107 e. The van der Waals surface area contributed by atoms with Crippen LogP contribution in [0, 0.1) is 12.0 Å². The van der Waals surface area contributed by atoms with Crippen molar-refractivity contribution in [3.63, 3.8) is 0 Å². The van der Waals surface area contributed by atoms with Crippen molar-refractivity contribution in [1.29, 1.82) is 0 Å². The zero-order chi connectivity index (χ0) is 9.36. The van der Waals surface area contributed by atoms with Crippen molar-refractivity contribution in [3.8, 4) is 12.0 Å². The van der Waals surface area contributed by atoms with Gasteiger partial charge in [0.15, 0.2) is 0 Å². The van der Waals surface area contributed by atoms with Crippen LogP contribution >= 0.6 is 0 Å². The molecule has 0 aliphatic rings. The quantitative estimate of drug-likeness (QED) is 0.422. The Morgan fingerprint density at radius 2 is 1.85 bits per heavy atom. The highest BCUT2D eigenvalue weighted by Crippen LogP contribution is 2.05. The van der Waals surface area contributed by atoms with Gasteiger partial charge in [0.05, 0.1) is 0 Å². The monoisotopic (exact) mass is 173 g/mol. The summed E-state index contributed by atoms with van der Waals surface area (Å²) in [4.78, 5) is 0. The van der Waals surface area contributed by atoms with Gasteiger partial charge in [0.2, 0.25) is 0 Å². The summed E-state index contributed by atoms with van der Waals surface area (Å²) >= 11 is 0. The lowest BCUT2D eigenvalue weighted by Gasteiger charge is -1.98. The molecule has 0 unspecified atom stereocenters. The first-order valence-corrected chi connectivity index (χ1v) is 4.66. The van der Waals surface area contributed by atoms with E-state index in [0.29, 0.717) is 0 Å². The minimum atomic E-state index is 0.920. The summed E-state index contributed by atoms with van der Waals surface area (Å²) in [7, 11) is 0. The molecule has 2 N–H and O–H groups in total. The van der Waals surface area contributed by atoms with Crippen molar-refractivity contribution in [2.45, 2.75) is 25.7 Å². The lowest BCUT2D eigenvalue weighted by Crippen LogP contribution is -1.84. The summed E-state index contributed by atoms with van der Waals surface area (Å²) in [5.41, 5.74) is 6.47. The number of hydrogen-bond acceptors (Lipinski definition) is 1. The Balaban J connectivity index is 2.16. The van der Waals surface area contributed by atoms with Crippen LogP contribution in [0.25, 0.3) is 0 Å². The molecule has 0 heterocycles. The second-order valence-corrected chi connectivity index (χ2v) is 3.01. The number of nitrogens with two attached hydrogens (primary N) is 1. The third kappa shape index (κ3) is 4.22. The number of benzene rings is 1. The van der Waals surface area contributed by atoms with E-state index in [4.69, 9.17) is 5.73 Å². The molecule has 13 heavy (non-hydrogen) atoms. The largest absolute Gasteiger partial charge is 0.359 e. The molecular weight excluding hydrogens is 158 g/mol. The minimum Gasteiger partial charge on any atom is -0.359 e. The molecular formula is C12H15N. The number of rotatable bonds is 4. The minimum absolute atomic E-state index is 0.920. The Bertz CT molecular complexity index is 279. The van der Waals surface area contributed by atoms with Gasteiger partial charge in [-0.25, -0.2) is 0 Å². The van der Waals surface area contributed by atoms with Gasteiger partial charge in [-0.2, -0.15) is 0 Å². The Labute approximate surface area is 80.0 Å². The summed E-state index contributed by atoms with van der Waals surface area (Å²) in [6, 6.07) is 12.9. The molecule has 0 amide bonds. The lowest BCUT2D eigenvalue weighted by molar-refractivity contribution is 0.756. The van der Waals surface area contributed by atoms with Crippen molar-refractivity contribution in [2.24, 2.45) is 5.73 Å². The van der Waals surface area contributed by atoms with Gasteiger partial charge in [-0.15, -0.1) is 0 Å². The summed E-state index contributed by atoms with van der Waals surface area (Å²) in [6.07, 6.45) is 4.40. The van der Waals surface area contributed by atoms with Crippen molar-refractivity contribution in [2.75, 3.05) is 0 Å².